The molecule has 5 aromatic rings. The molecule has 1 aliphatic carbocycles. The van der Waals surface area contributed by atoms with Crippen LogP contribution in [-0.4, -0.2) is 58.6 Å². The minimum absolute atomic E-state index is 0.0877. The maximum absolute atomic E-state index is 13.8. The smallest absolute Gasteiger partial charge is 0.254 e. The van der Waals surface area contributed by atoms with Gasteiger partial charge in [0.1, 0.15) is 12.1 Å². The number of nitrogens with zero attached hydrogens (tertiary/aromatic N) is 2. The number of allylic oxidation sites excluding steroid dienone is 4. The first-order valence-corrected chi connectivity index (χ1v) is 21.1. The van der Waals surface area contributed by atoms with Crippen LogP contribution in [0, 0.1) is 0 Å². The van der Waals surface area contributed by atoms with E-state index >= 15 is 0 Å². The predicted octanol–water partition coefficient (Wildman–Crippen LogP) is 9.75. The largest absolute Gasteiger partial charge is 0.327 e. The fraction of sp³-hybridized carbons (Fsp3) is 0.231. The Bertz CT molecular complexity index is 2430. The Morgan fingerprint density at radius 2 is 1.05 bits per heavy atom. The van der Waals surface area contributed by atoms with Crippen molar-refractivity contribution in [3.63, 3.8) is 0 Å². The molecule has 2 heterocycles. The molecule has 2 saturated heterocycles. The number of rotatable bonds is 12. The van der Waals surface area contributed by atoms with Gasteiger partial charge in [0.25, 0.3) is 11.8 Å². The SMILES string of the molecule is O=C(Nc1ccc(/C=C/c2ccc(NC(=O)[C@@H]3CCCN3C(=O)c3ccccc3Cc3ccccc3)cc2)cc1)[C@@H]1CCCN1C(=O)c1ccccc1CC1=CC=CCC1. The standard InChI is InChI=1S/C52H50N4O4/c57-49(47-21-11-33-55(47)51(59)45-19-9-7-17-41(45)35-39-13-3-1-4-14-39)53-43-29-25-37(26-30-43)23-24-38-27-31-44(32-28-38)54-50(58)48-22-12-34-56(48)52(60)46-20-10-8-18-42(46)36-40-15-5-2-6-16-40/h1-5,7-10,13-15,17-20,23-32,47-48H,6,11-12,16,21-22,33-36H2,(H,53,57)(H,54,58)/b24-23+/t47-,48-/m0/s1. The Labute approximate surface area is 352 Å². The molecule has 2 N–H and O–H groups in total. The first kappa shape index (κ1) is 40.0. The summed E-state index contributed by atoms with van der Waals surface area (Å²) in [5, 5.41) is 6.08. The predicted molar refractivity (Wildman–Crippen MR) is 239 cm³/mol. The molecule has 0 bridgehead atoms. The zero-order chi connectivity index (χ0) is 41.3. The molecule has 0 unspecified atom stereocenters. The van der Waals surface area contributed by atoms with Gasteiger partial charge in [-0.2, -0.15) is 0 Å². The zero-order valence-electron chi connectivity index (χ0n) is 33.8. The Balaban J connectivity index is 0.840. The number of hydrogen-bond acceptors (Lipinski definition) is 4. The molecular formula is C52H50N4O4. The third-order valence-electron chi connectivity index (χ3n) is 11.7. The van der Waals surface area contributed by atoms with Crippen LogP contribution in [0.2, 0.25) is 0 Å². The Hall–Kier alpha value is -6.80. The molecule has 2 fully saturated rings. The van der Waals surface area contributed by atoms with E-state index < -0.39 is 12.1 Å². The van der Waals surface area contributed by atoms with Crippen molar-refractivity contribution in [2.75, 3.05) is 23.7 Å². The summed E-state index contributed by atoms with van der Waals surface area (Å²) in [4.78, 5) is 58.1. The van der Waals surface area contributed by atoms with Crippen molar-refractivity contribution in [2.24, 2.45) is 0 Å². The van der Waals surface area contributed by atoms with Crippen LogP contribution in [0.3, 0.4) is 0 Å². The van der Waals surface area contributed by atoms with Crippen LogP contribution < -0.4 is 10.6 Å². The van der Waals surface area contributed by atoms with Crippen molar-refractivity contribution >= 4 is 47.2 Å². The number of nitrogens with one attached hydrogen (secondary N) is 2. The summed E-state index contributed by atoms with van der Waals surface area (Å²) in [6, 6.07) is 39.7. The van der Waals surface area contributed by atoms with Gasteiger partial charge in [-0.15, -0.1) is 0 Å². The lowest BCUT2D eigenvalue weighted by atomic mass is 9.94. The second-order valence-electron chi connectivity index (χ2n) is 15.8. The molecule has 0 aromatic heterocycles. The van der Waals surface area contributed by atoms with E-state index in [4.69, 9.17) is 0 Å². The summed E-state index contributed by atoms with van der Waals surface area (Å²) in [5.41, 5.74) is 8.96. The first-order chi connectivity index (χ1) is 29.4. The molecule has 5 aromatic carbocycles. The van der Waals surface area contributed by atoms with Crippen LogP contribution >= 0.6 is 0 Å². The van der Waals surface area contributed by atoms with E-state index in [0.717, 1.165) is 59.9 Å². The van der Waals surface area contributed by atoms with Gasteiger partial charge >= 0.3 is 0 Å². The number of carbonyl (C=O) groups excluding carboxylic acids is 4. The van der Waals surface area contributed by atoms with E-state index in [2.05, 4.69) is 41.0 Å². The molecule has 2 aliphatic heterocycles. The lowest BCUT2D eigenvalue weighted by Gasteiger charge is -2.25. The number of hydrogen-bond donors (Lipinski definition) is 2. The van der Waals surface area contributed by atoms with Gasteiger partial charge in [0.2, 0.25) is 11.8 Å². The molecule has 8 nitrogen and oxygen atoms in total. The maximum Gasteiger partial charge on any atom is 0.254 e. The van der Waals surface area contributed by atoms with Gasteiger partial charge < -0.3 is 20.4 Å². The van der Waals surface area contributed by atoms with E-state index in [1.54, 1.807) is 9.80 Å². The van der Waals surface area contributed by atoms with Gasteiger partial charge in [-0.05, 0) is 116 Å². The number of amides is 4. The van der Waals surface area contributed by atoms with Crippen LogP contribution in [0.5, 0.6) is 0 Å². The van der Waals surface area contributed by atoms with Crippen LogP contribution in [0.25, 0.3) is 12.2 Å². The average molecular weight is 795 g/mol. The van der Waals surface area contributed by atoms with Crippen molar-refractivity contribution in [1.82, 2.24) is 9.80 Å². The summed E-state index contributed by atoms with van der Waals surface area (Å²) < 4.78 is 0. The highest BCUT2D eigenvalue weighted by Gasteiger charge is 2.36. The average Bonchev–Trinajstić information content (AvgIpc) is 3.99. The van der Waals surface area contributed by atoms with E-state index in [-0.39, 0.29) is 23.6 Å². The summed E-state index contributed by atoms with van der Waals surface area (Å²) in [5.74, 6) is -0.558. The van der Waals surface area contributed by atoms with Crippen LogP contribution in [0.15, 0.2) is 151 Å². The normalized spacial score (nSPS) is 17.4. The molecular weight excluding hydrogens is 745 g/mol. The number of benzene rings is 5. The highest BCUT2D eigenvalue weighted by molar-refractivity contribution is 6.03. The zero-order valence-corrected chi connectivity index (χ0v) is 33.8. The number of carbonyl (C=O) groups is 4. The number of likely N-dealkylation sites (tertiary alicyclic amines) is 2. The third kappa shape index (κ3) is 9.56. The van der Waals surface area contributed by atoms with E-state index in [9.17, 15) is 19.2 Å². The maximum atomic E-state index is 13.8. The Morgan fingerprint density at radius 1 is 0.567 bits per heavy atom. The lowest BCUT2D eigenvalue weighted by Crippen LogP contribution is -2.43. The fourth-order valence-corrected chi connectivity index (χ4v) is 8.50. The minimum Gasteiger partial charge on any atom is -0.327 e. The molecule has 0 saturated carbocycles. The van der Waals surface area contributed by atoms with E-state index in [0.29, 0.717) is 54.9 Å². The highest BCUT2D eigenvalue weighted by Crippen LogP contribution is 2.27. The van der Waals surface area contributed by atoms with Gasteiger partial charge in [-0.25, -0.2) is 0 Å². The van der Waals surface area contributed by atoms with Gasteiger partial charge in [0.15, 0.2) is 0 Å². The molecule has 302 valence electrons. The highest BCUT2D eigenvalue weighted by atomic mass is 16.2. The second kappa shape index (κ2) is 18.9. The van der Waals surface area contributed by atoms with Crippen LogP contribution in [0.4, 0.5) is 11.4 Å². The molecule has 2 atom stereocenters. The quantitative estimate of drug-likeness (QED) is 0.123. The molecule has 0 radical (unpaired) electrons. The Morgan fingerprint density at radius 3 is 1.55 bits per heavy atom. The summed E-state index contributed by atoms with van der Waals surface area (Å²) in [7, 11) is 0. The molecule has 0 spiro atoms. The van der Waals surface area contributed by atoms with Crippen LogP contribution in [0.1, 0.15) is 87.1 Å². The molecule has 60 heavy (non-hydrogen) atoms. The first-order valence-electron chi connectivity index (χ1n) is 21.1. The van der Waals surface area contributed by atoms with E-state index in [1.165, 1.54) is 5.57 Å². The van der Waals surface area contributed by atoms with Crippen molar-refractivity contribution < 1.29 is 19.2 Å². The monoisotopic (exact) mass is 794 g/mol. The Kier molecular flexibility index (Phi) is 12.6. The van der Waals surface area contributed by atoms with Crippen molar-refractivity contribution in [1.29, 1.82) is 0 Å². The van der Waals surface area contributed by atoms with Gasteiger partial charge in [0, 0.05) is 35.6 Å². The molecule has 3 aliphatic rings. The third-order valence-corrected chi connectivity index (χ3v) is 11.7. The van der Waals surface area contributed by atoms with Crippen molar-refractivity contribution in [2.45, 2.75) is 63.5 Å². The summed E-state index contributed by atoms with van der Waals surface area (Å²) >= 11 is 0. The molecule has 8 rings (SSSR count). The van der Waals surface area contributed by atoms with Crippen molar-refractivity contribution in [3.05, 3.63) is 190 Å². The minimum atomic E-state index is -0.538. The molecule has 4 amide bonds. The topological polar surface area (TPSA) is 98.8 Å². The van der Waals surface area contributed by atoms with Crippen molar-refractivity contribution in [3.8, 4) is 0 Å². The summed E-state index contributed by atoms with van der Waals surface area (Å²) in [6.07, 6.45) is 16.6. The van der Waals surface area contributed by atoms with E-state index in [1.807, 2.05) is 127 Å². The van der Waals surface area contributed by atoms with Gasteiger partial charge in [0.05, 0.1) is 0 Å². The van der Waals surface area contributed by atoms with Crippen LogP contribution in [-0.2, 0) is 22.4 Å². The van der Waals surface area contributed by atoms with Gasteiger partial charge in [-0.3, -0.25) is 19.2 Å². The summed E-state index contributed by atoms with van der Waals surface area (Å²) in [6.45, 7) is 1.10. The number of anilines is 2. The van der Waals surface area contributed by atoms with Gasteiger partial charge in [-0.1, -0.05) is 127 Å². The molecule has 8 heteroatoms. The fourth-order valence-electron chi connectivity index (χ4n) is 8.50. The lowest BCUT2D eigenvalue weighted by molar-refractivity contribution is -0.120. The second-order valence-corrected chi connectivity index (χ2v) is 15.8.